The molecule has 1 aliphatic rings. The molecule has 9 heteroatoms. The Hall–Kier alpha value is -2.91. The number of nitrogens with one attached hydrogen (secondary N) is 1. The minimum Gasteiger partial charge on any atom is -0.446 e. The number of ether oxygens (including phenoxy) is 1. The zero-order valence-corrected chi connectivity index (χ0v) is 21.6. The maximum atomic E-state index is 12.8. The molecule has 0 radical (unpaired) electrons. The second kappa shape index (κ2) is 9.38. The Morgan fingerprint density at radius 2 is 1.62 bits per heavy atom. The van der Waals surface area contributed by atoms with Crippen molar-refractivity contribution in [1.82, 2.24) is 4.72 Å². The Labute approximate surface area is 201 Å². The largest absolute Gasteiger partial charge is 0.446 e. The highest BCUT2D eigenvalue weighted by Gasteiger charge is 2.35. The van der Waals surface area contributed by atoms with Gasteiger partial charge in [-0.25, -0.2) is 17.9 Å². The molecular formula is C25H33N3O5S. The summed E-state index contributed by atoms with van der Waals surface area (Å²) in [5.74, 6) is -0.112. The predicted octanol–water partition coefficient (Wildman–Crippen LogP) is 4.54. The van der Waals surface area contributed by atoms with E-state index in [2.05, 4.69) is 4.72 Å². The van der Waals surface area contributed by atoms with Crippen LogP contribution in [0.15, 0.2) is 47.4 Å². The zero-order valence-electron chi connectivity index (χ0n) is 20.7. The summed E-state index contributed by atoms with van der Waals surface area (Å²) in [7, 11) is -3.65. The second-order valence-corrected chi connectivity index (χ2v) is 11.5. The third-order valence-corrected chi connectivity index (χ3v) is 7.02. The van der Waals surface area contributed by atoms with Gasteiger partial charge in [0.15, 0.2) is 0 Å². The molecule has 1 heterocycles. The molecule has 0 unspecified atom stereocenters. The van der Waals surface area contributed by atoms with Crippen LogP contribution in [0.25, 0.3) is 11.1 Å². The molecule has 1 aliphatic heterocycles. The van der Waals surface area contributed by atoms with Crippen molar-refractivity contribution in [2.75, 3.05) is 16.3 Å². The van der Waals surface area contributed by atoms with Crippen molar-refractivity contribution in [3.8, 4) is 11.1 Å². The zero-order chi connectivity index (χ0) is 25.4. The number of carbonyl (C=O) groups excluding carboxylic acids is 2. The fourth-order valence-electron chi connectivity index (χ4n) is 4.01. The molecule has 2 amide bonds. The van der Waals surface area contributed by atoms with Gasteiger partial charge in [0.25, 0.3) is 0 Å². The second-order valence-electron chi connectivity index (χ2n) is 9.86. The molecular weight excluding hydrogens is 454 g/mol. The molecule has 0 saturated heterocycles. The van der Waals surface area contributed by atoms with Crippen molar-refractivity contribution >= 4 is 33.4 Å². The van der Waals surface area contributed by atoms with Gasteiger partial charge in [-0.1, -0.05) is 18.2 Å². The summed E-state index contributed by atoms with van der Waals surface area (Å²) in [6.07, 6.45) is -0.755. The third-order valence-electron chi connectivity index (χ3n) is 5.25. The maximum absolute atomic E-state index is 12.8. The van der Waals surface area contributed by atoms with E-state index in [1.165, 1.54) is 6.92 Å². The van der Waals surface area contributed by atoms with E-state index in [4.69, 9.17) is 4.74 Å². The number of rotatable bonds is 4. The summed E-state index contributed by atoms with van der Waals surface area (Å²) < 4.78 is 33.3. The first-order valence-corrected chi connectivity index (χ1v) is 12.7. The number of hydrogen-bond acceptors (Lipinski definition) is 5. The van der Waals surface area contributed by atoms with E-state index in [0.717, 1.165) is 11.1 Å². The van der Waals surface area contributed by atoms with E-state index < -0.39 is 21.7 Å². The molecule has 184 valence electrons. The van der Waals surface area contributed by atoms with Crippen molar-refractivity contribution in [3.05, 3.63) is 42.5 Å². The average Bonchev–Trinajstić information content (AvgIpc) is 2.70. The third kappa shape index (κ3) is 5.59. The number of benzene rings is 2. The van der Waals surface area contributed by atoms with Crippen molar-refractivity contribution in [2.45, 2.75) is 71.0 Å². The fraction of sp³-hybridized carbons (Fsp3) is 0.440. The number of amides is 2. The van der Waals surface area contributed by atoms with Gasteiger partial charge in [0.1, 0.15) is 0 Å². The lowest BCUT2D eigenvalue weighted by atomic mass is 10.0. The average molecular weight is 488 g/mol. The number of sulfonamides is 1. The highest BCUT2D eigenvalue weighted by molar-refractivity contribution is 7.89. The first kappa shape index (κ1) is 25.7. The van der Waals surface area contributed by atoms with Crippen molar-refractivity contribution in [2.24, 2.45) is 0 Å². The summed E-state index contributed by atoms with van der Waals surface area (Å²) in [5, 5.41) is 0. The van der Waals surface area contributed by atoms with Crippen LogP contribution in [0.5, 0.6) is 0 Å². The highest BCUT2D eigenvalue weighted by atomic mass is 32.2. The molecule has 1 atom stereocenters. The van der Waals surface area contributed by atoms with E-state index in [1.807, 2.05) is 25.1 Å². The molecule has 0 aromatic heterocycles. The van der Waals surface area contributed by atoms with Crippen LogP contribution in [0.4, 0.5) is 16.2 Å². The predicted molar refractivity (Wildman–Crippen MR) is 134 cm³/mol. The van der Waals surface area contributed by atoms with E-state index in [-0.39, 0.29) is 22.9 Å². The molecule has 0 spiro atoms. The minimum atomic E-state index is -3.65. The van der Waals surface area contributed by atoms with Crippen LogP contribution >= 0.6 is 0 Å². The summed E-state index contributed by atoms with van der Waals surface area (Å²) in [4.78, 5) is 28.6. The minimum absolute atomic E-state index is 0.112. The number of fused-ring (bicyclic) bond motifs is 1. The lowest BCUT2D eigenvalue weighted by Crippen LogP contribution is -2.51. The van der Waals surface area contributed by atoms with Crippen LogP contribution in [-0.2, 0) is 19.6 Å². The smallest absolute Gasteiger partial charge is 0.414 e. The molecule has 8 nitrogen and oxygen atoms in total. The molecule has 2 aromatic carbocycles. The van der Waals surface area contributed by atoms with Gasteiger partial charge in [-0.15, -0.1) is 0 Å². The van der Waals surface area contributed by atoms with E-state index in [9.17, 15) is 18.0 Å². The van der Waals surface area contributed by atoms with Gasteiger partial charge in [-0.05, 0) is 76.9 Å². The lowest BCUT2D eigenvalue weighted by molar-refractivity contribution is -0.117. The summed E-state index contributed by atoms with van der Waals surface area (Å²) >= 11 is 0. The van der Waals surface area contributed by atoms with Crippen molar-refractivity contribution in [1.29, 1.82) is 0 Å². The van der Waals surface area contributed by atoms with E-state index in [0.29, 0.717) is 17.9 Å². The fourth-order valence-corrected chi connectivity index (χ4v) is 5.43. The van der Waals surface area contributed by atoms with Crippen LogP contribution in [0, 0.1) is 0 Å². The molecule has 0 fully saturated rings. The van der Waals surface area contributed by atoms with Crippen molar-refractivity contribution < 1.29 is 22.7 Å². The van der Waals surface area contributed by atoms with Crippen molar-refractivity contribution in [3.63, 3.8) is 0 Å². The van der Waals surface area contributed by atoms with Gasteiger partial charge >= 0.3 is 6.09 Å². The number of anilines is 2. The Balaban J connectivity index is 2.02. The van der Waals surface area contributed by atoms with Crippen LogP contribution in [0.3, 0.4) is 0 Å². The molecule has 0 saturated carbocycles. The van der Waals surface area contributed by atoms with Gasteiger partial charge < -0.3 is 9.64 Å². The first-order valence-electron chi connectivity index (χ1n) is 11.3. The Morgan fingerprint density at radius 1 is 1.03 bits per heavy atom. The van der Waals surface area contributed by atoms with Gasteiger partial charge in [-0.2, -0.15) is 0 Å². The Bertz CT molecular complexity index is 1180. The van der Waals surface area contributed by atoms with Gasteiger partial charge in [0.05, 0.1) is 28.4 Å². The molecule has 0 bridgehead atoms. The van der Waals surface area contributed by atoms with Gasteiger partial charge in [0, 0.05) is 19.0 Å². The lowest BCUT2D eigenvalue weighted by Gasteiger charge is -2.40. The highest BCUT2D eigenvalue weighted by Crippen LogP contribution is 2.39. The molecule has 34 heavy (non-hydrogen) atoms. The topological polar surface area (TPSA) is 96.0 Å². The molecule has 1 N–H and O–H groups in total. The van der Waals surface area contributed by atoms with Crippen LogP contribution in [0.1, 0.15) is 48.5 Å². The molecule has 0 aliphatic carbocycles. The van der Waals surface area contributed by atoms with Crippen LogP contribution < -0.4 is 14.5 Å². The van der Waals surface area contributed by atoms with Crippen LogP contribution in [-0.4, -0.2) is 44.6 Å². The van der Waals surface area contributed by atoms with E-state index in [1.54, 1.807) is 68.7 Å². The van der Waals surface area contributed by atoms with Crippen LogP contribution in [0.2, 0.25) is 0 Å². The SMILES string of the molecule is CC(=O)N1c2ccc(-c3ccc(S(=O)(=O)NC(C)(C)C)cc3)cc2N(C(=O)OC(C)C)C[C@@H]1C. The Kier molecular flexibility index (Phi) is 7.10. The number of carbonyl (C=O) groups is 2. The molecule has 2 aromatic rings. The normalized spacial score (nSPS) is 16.4. The Morgan fingerprint density at radius 3 is 2.15 bits per heavy atom. The monoisotopic (exact) mass is 487 g/mol. The first-order chi connectivity index (χ1) is 15.7. The quantitative estimate of drug-likeness (QED) is 0.683. The van der Waals surface area contributed by atoms with Gasteiger partial charge in [0.2, 0.25) is 15.9 Å². The summed E-state index contributed by atoms with van der Waals surface area (Å²) in [6, 6.07) is 11.8. The number of hydrogen-bond donors (Lipinski definition) is 1. The molecule has 3 rings (SSSR count). The summed E-state index contributed by atoms with van der Waals surface area (Å²) in [6.45, 7) is 12.6. The maximum Gasteiger partial charge on any atom is 0.414 e. The summed E-state index contributed by atoms with van der Waals surface area (Å²) in [5.41, 5.74) is 2.17. The number of nitrogens with zero attached hydrogens (tertiary/aromatic N) is 2. The standard InChI is InChI=1S/C25H33N3O5S/c1-16(2)33-24(30)27-15-17(3)28(18(4)29)22-13-10-20(14-23(22)27)19-8-11-21(12-9-19)34(31,32)26-25(5,6)7/h8-14,16-17,26H,15H2,1-7H3/t17-/m0/s1. The van der Waals surface area contributed by atoms with Gasteiger partial charge in [-0.3, -0.25) is 9.69 Å². The van der Waals surface area contributed by atoms with E-state index >= 15 is 0 Å².